The topological polar surface area (TPSA) is 39.2 Å². The minimum atomic E-state index is 0.124. The Hall–Kier alpha value is -0.740. The highest BCUT2D eigenvalue weighted by atomic mass is 32.1. The molecule has 4 heteroatoms. The summed E-state index contributed by atoms with van der Waals surface area (Å²) in [7, 11) is 0. The lowest BCUT2D eigenvalue weighted by Gasteiger charge is -2.02. The Bertz CT molecular complexity index is 367. The number of carbonyl (C=O) groups is 1. The zero-order valence-corrected chi connectivity index (χ0v) is 9.89. The second-order valence-electron chi connectivity index (χ2n) is 4.01. The second kappa shape index (κ2) is 4.41. The van der Waals surface area contributed by atoms with Crippen molar-refractivity contribution in [1.82, 2.24) is 4.98 Å². The van der Waals surface area contributed by atoms with Crippen molar-refractivity contribution in [2.45, 2.75) is 26.7 Å². The van der Waals surface area contributed by atoms with E-state index in [-0.39, 0.29) is 5.78 Å². The lowest BCUT2D eigenvalue weighted by molar-refractivity contribution is 0.102. The number of carbonyl (C=O) groups excluding carboxylic acids is 1. The van der Waals surface area contributed by atoms with Crippen molar-refractivity contribution < 1.29 is 9.53 Å². The predicted molar refractivity (Wildman–Crippen MR) is 59.5 cm³/mol. The van der Waals surface area contributed by atoms with Crippen LogP contribution in [0.2, 0.25) is 0 Å². The van der Waals surface area contributed by atoms with Crippen LogP contribution in [0.4, 0.5) is 0 Å². The second-order valence-corrected chi connectivity index (χ2v) is 5.10. The first-order valence-electron chi connectivity index (χ1n) is 5.22. The first-order chi connectivity index (χ1) is 7.16. The maximum Gasteiger partial charge on any atom is 0.171 e. The molecule has 1 saturated heterocycles. The third-order valence-electron chi connectivity index (χ3n) is 2.65. The van der Waals surface area contributed by atoms with Gasteiger partial charge in [-0.3, -0.25) is 4.79 Å². The zero-order chi connectivity index (χ0) is 10.8. The number of thiazole rings is 1. The van der Waals surface area contributed by atoms with E-state index in [1.807, 2.05) is 6.92 Å². The maximum atomic E-state index is 11.3. The van der Waals surface area contributed by atoms with Crippen LogP contribution in [0.5, 0.6) is 0 Å². The maximum absolute atomic E-state index is 11.3. The number of hydrogen-bond acceptors (Lipinski definition) is 4. The van der Waals surface area contributed by atoms with E-state index in [0.717, 1.165) is 41.6 Å². The van der Waals surface area contributed by atoms with Crippen molar-refractivity contribution in [1.29, 1.82) is 0 Å². The molecule has 15 heavy (non-hydrogen) atoms. The van der Waals surface area contributed by atoms with Crippen LogP contribution in [0.3, 0.4) is 0 Å². The SMILES string of the molecule is CC(=O)c1sc(CC2CCOC2)nc1C. The van der Waals surface area contributed by atoms with Crippen LogP contribution >= 0.6 is 11.3 Å². The van der Waals surface area contributed by atoms with E-state index in [0.29, 0.717) is 5.92 Å². The molecule has 0 bridgehead atoms. The van der Waals surface area contributed by atoms with Crippen LogP contribution in [0.15, 0.2) is 0 Å². The van der Waals surface area contributed by atoms with E-state index < -0.39 is 0 Å². The van der Waals surface area contributed by atoms with Gasteiger partial charge < -0.3 is 4.74 Å². The average molecular weight is 225 g/mol. The summed E-state index contributed by atoms with van der Waals surface area (Å²) in [6.45, 7) is 5.22. The normalized spacial score (nSPS) is 20.8. The summed E-state index contributed by atoms with van der Waals surface area (Å²) in [5.41, 5.74) is 0.876. The van der Waals surface area contributed by atoms with Gasteiger partial charge in [0.2, 0.25) is 0 Å². The van der Waals surface area contributed by atoms with Crippen LogP contribution in [0.1, 0.15) is 33.7 Å². The van der Waals surface area contributed by atoms with Crippen LogP contribution in [-0.2, 0) is 11.2 Å². The van der Waals surface area contributed by atoms with Crippen LogP contribution in [0, 0.1) is 12.8 Å². The van der Waals surface area contributed by atoms with E-state index in [4.69, 9.17) is 4.74 Å². The molecule has 2 rings (SSSR count). The largest absolute Gasteiger partial charge is 0.381 e. The fourth-order valence-electron chi connectivity index (χ4n) is 1.86. The fourth-order valence-corrected chi connectivity index (χ4v) is 2.93. The Labute approximate surface area is 93.5 Å². The van der Waals surface area contributed by atoms with E-state index in [2.05, 4.69) is 4.98 Å². The number of ether oxygens (including phenoxy) is 1. The number of ketones is 1. The molecule has 0 amide bonds. The molecular formula is C11H15NO2S. The van der Waals surface area contributed by atoms with Crippen molar-refractivity contribution >= 4 is 17.1 Å². The van der Waals surface area contributed by atoms with Crippen molar-refractivity contribution in [3.63, 3.8) is 0 Å². The number of hydrogen-bond donors (Lipinski definition) is 0. The van der Waals surface area contributed by atoms with Gasteiger partial charge in [-0.2, -0.15) is 0 Å². The molecule has 1 aliphatic heterocycles. The molecule has 0 saturated carbocycles. The minimum absolute atomic E-state index is 0.124. The molecular weight excluding hydrogens is 210 g/mol. The molecule has 0 N–H and O–H groups in total. The van der Waals surface area contributed by atoms with Gasteiger partial charge in [0.1, 0.15) is 0 Å². The fraction of sp³-hybridized carbons (Fsp3) is 0.636. The summed E-state index contributed by atoms with van der Waals surface area (Å²) >= 11 is 1.54. The quantitative estimate of drug-likeness (QED) is 0.740. The molecule has 0 radical (unpaired) electrons. The smallest absolute Gasteiger partial charge is 0.171 e. The molecule has 3 nitrogen and oxygen atoms in total. The number of nitrogens with zero attached hydrogens (tertiary/aromatic N) is 1. The highest BCUT2D eigenvalue weighted by Gasteiger charge is 2.19. The summed E-state index contributed by atoms with van der Waals surface area (Å²) in [5.74, 6) is 0.717. The van der Waals surface area contributed by atoms with Crippen molar-refractivity contribution in [3.05, 3.63) is 15.6 Å². The molecule has 1 fully saturated rings. The molecule has 82 valence electrons. The third kappa shape index (κ3) is 2.44. The van der Waals surface area contributed by atoms with Gasteiger partial charge in [-0.25, -0.2) is 4.98 Å². The Balaban J connectivity index is 2.08. The third-order valence-corrected chi connectivity index (χ3v) is 3.93. The zero-order valence-electron chi connectivity index (χ0n) is 9.08. The van der Waals surface area contributed by atoms with Gasteiger partial charge in [-0.1, -0.05) is 0 Å². The van der Waals surface area contributed by atoms with Gasteiger partial charge in [0.25, 0.3) is 0 Å². The van der Waals surface area contributed by atoms with Gasteiger partial charge in [-0.15, -0.1) is 11.3 Å². The lowest BCUT2D eigenvalue weighted by Crippen LogP contribution is -2.02. The van der Waals surface area contributed by atoms with E-state index in [9.17, 15) is 4.79 Å². The highest BCUT2D eigenvalue weighted by molar-refractivity contribution is 7.13. The lowest BCUT2D eigenvalue weighted by atomic mass is 10.1. The number of aromatic nitrogens is 1. The molecule has 1 aromatic heterocycles. The summed E-state index contributed by atoms with van der Waals surface area (Å²) in [4.78, 5) is 16.5. The van der Waals surface area contributed by atoms with Crippen molar-refractivity contribution in [2.75, 3.05) is 13.2 Å². The molecule has 1 atom stereocenters. The standard InChI is InChI=1S/C11H15NO2S/c1-7-11(8(2)13)15-10(12-7)5-9-3-4-14-6-9/h9H,3-6H2,1-2H3. The van der Waals surface area contributed by atoms with Crippen molar-refractivity contribution in [2.24, 2.45) is 5.92 Å². The first kappa shape index (κ1) is 10.8. The van der Waals surface area contributed by atoms with Crippen molar-refractivity contribution in [3.8, 4) is 0 Å². The average Bonchev–Trinajstić information content (AvgIpc) is 2.75. The Kier molecular flexibility index (Phi) is 3.17. The minimum Gasteiger partial charge on any atom is -0.381 e. The molecule has 0 spiro atoms. The summed E-state index contributed by atoms with van der Waals surface area (Å²) in [5, 5.41) is 1.08. The monoisotopic (exact) mass is 225 g/mol. The summed E-state index contributed by atoms with van der Waals surface area (Å²) in [6, 6.07) is 0. The number of Topliss-reactive ketones (excluding diaryl/α,β-unsaturated/α-hetero) is 1. The van der Waals surface area contributed by atoms with Gasteiger partial charge in [0.05, 0.1) is 15.6 Å². The molecule has 2 heterocycles. The molecule has 1 unspecified atom stereocenters. The number of aryl methyl sites for hydroxylation is 1. The highest BCUT2D eigenvalue weighted by Crippen LogP contribution is 2.24. The van der Waals surface area contributed by atoms with E-state index in [1.54, 1.807) is 6.92 Å². The molecule has 1 aromatic rings. The Morgan fingerprint density at radius 2 is 2.47 bits per heavy atom. The predicted octanol–water partition coefficient (Wildman–Crippen LogP) is 2.23. The number of rotatable bonds is 3. The van der Waals surface area contributed by atoms with Gasteiger partial charge in [0, 0.05) is 26.6 Å². The summed E-state index contributed by atoms with van der Waals surface area (Å²) < 4.78 is 5.32. The van der Waals surface area contributed by atoms with Gasteiger partial charge in [0.15, 0.2) is 5.78 Å². The molecule has 1 aliphatic rings. The van der Waals surface area contributed by atoms with E-state index in [1.165, 1.54) is 11.3 Å². The molecule has 0 aliphatic carbocycles. The Morgan fingerprint density at radius 1 is 1.67 bits per heavy atom. The Morgan fingerprint density at radius 3 is 3.00 bits per heavy atom. The van der Waals surface area contributed by atoms with Gasteiger partial charge >= 0.3 is 0 Å². The van der Waals surface area contributed by atoms with Gasteiger partial charge in [-0.05, 0) is 19.3 Å². The summed E-state index contributed by atoms with van der Waals surface area (Å²) in [6.07, 6.45) is 2.08. The molecule has 0 aromatic carbocycles. The first-order valence-corrected chi connectivity index (χ1v) is 6.03. The van der Waals surface area contributed by atoms with Crippen LogP contribution < -0.4 is 0 Å². The van der Waals surface area contributed by atoms with Crippen LogP contribution in [0.25, 0.3) is 0 Å². The van der Waals surface area contributed by atoms with E-state index >= 15 is 0 Å². The van der Waals surface area contributed by atoms with Crippen LogP contribution in [-0.4, -0.2) is 24.0 Å².